The number of rotatable bonds is 3. The lowest BCUT2D eigenvalue weighted by Crippen LogP contribution is -2.46. The molecule has 0 aliphatic carbocycles. The van der Waals surface area contributed by atoms with Gasteiger partial charge in [0.2, 0.25) is 5.91 Å². The first-order valence-corrected chi connectivity index (χ1v) is 6.90. The fraction of sp³-hybridized carbons (Fsp3) is 0.923. The highest BCUT2D eigenvalue weighted by molar-refractivity contribution is 5.77. The summed E-state index contributed by atoms with van der Waals surface area (Å²) in [7, 11) is 0. The molecule has 2 atom stereocenters. The van der Waals surface area contributed by atoms with Crippen molar-refractivity contribution < 1.29 is 9.53 Å². The summed E-state index contributed by atoms with van der Waals surface area (Å²) in [6.07, 6.45) is 5.97. The first-order chi connectivity index (χ1) is 8.27. The van der Waals surface area contributed by atoms with Crippen LogP contribution in [-0.2, 0) is 9.53 Å². The average Bonchev–Trinajstić information content (AvgIpc) is 2.38. The van der Waals surface area contributed by atoms with Crippen LogP contribution < -0.4 is 5.32 Å². The Morgan fingerprint density at radius 2 is 2.06 bits per heavy atom. The molecular weight excluding hydrogens is 216 g/mol. The molecule has 0 aromatic carbocycles. The van der Waals surface area contributed by atoms with E-state index in [1.165, 1.54) is 6.42 Å². The molecule has 2 unspecified atom stereocenters. The molecule has 0 bridgehead atoms. The zero-order valence-corrected chi connectivity index (χ0v) is 10.8. The van der Waals surface area contributed by atoms with E-state index in [1.807, 2.05) is 4.90 Å². The van der Waals surface area contributed by atoms with Gasteiger partial charge in [0.15, 0.2) is 0 Å². The maximum Gasteiger partial charge on any atom is 0.248 e. The van der Waals surface area contributed by atoms with Crippen LogP contribution in [0.2, 0.25) is 0 Å². The van der Waals surface area contributed by atoms with E-state index in [2.05, 4.69) is 12.2 Å². The second-order valence-electron chi connectivity index (χ2n) is 5.18. The second-order valence-corrected chi connectivity index (χ2v) is 5.18. The predicted octanol–water partition coefficient (Wildman–Crippen LogP) is 1.16. The molecule has 0 saturated carbocycles. The van der Waals surface area contributed by atoms with Gasteiger partial charge in [-0.1, -0.05) is 0 Å². The van der Waals surface area contributed by atoms with Gasteiger partial charge in [-0.15, -0.1) is 0 Å². The van der Waals surface area contributed by atoms with Crippen molar-refractivity contribution in [1.29, 1.82) is 0 Å². The van der Waals surface area contributed by atoms with Crippen LogP contribution in [0.4, 0.5) is 0 Å². The van der Waals surface area contributed by atoms with Crippen molar-refractivity contribution in [1.82, 2.24) is 10.2 Å². The molecule has 2 aliphatic heterocycles. The lowest BCUT2D eigenvalue weighted by atomic mass is 10.0. The highest BCUT2D eigenvalue weighted by Crippen LogP contribution is 2.13. The van der Waals surface area contributed by atoms with Gasteiger partial charge in [-0.3, -0.25) is 4.79 Å². The number of carbonyl (C=O) groups excluding carboxylic acids is 1. The van der Waals surface area contributed by atoms with E-state index in [0.717, 1.165) is 45.3 Å². The zero-order chi connectivity index (χ0) is 12.1. The summed E-state index contributed by atoms with van der Waals surface area (Å²) in [6, 6.07) is 0.373. The van der Waals surface area contributed by atoms with Gasteiger partial charge in [0, 0.05) is 19.1 Å². The highest BCUT2D eigenvalue weighted by atomic mass is 16.5. The van der Waals surface area contributed by atoms with Gasteiger partial charge in [-0.05, 0) is 45.6 Å². The van der Waals surface area contributed by atoms with Crippen molar-refractivity contribution in [3.8, 4) is 0 Å². The molecule has 0 aromatic rings. The van der Waals surface area contributed by atoms with E-state index in [-0.39, 0.29) is 18.6 Å². The lowest BCUT2D eigenvalue weighted by Gasteiger charge is -2.31. The van der Waals surface area contributed by atoms with Crippen molar-refractivity contribution in [3.05, 3.63) is 0 Å². The summed E-state index contributed by atoms with van der Waals surface area (Å²) in [5.74, 6) is 0.169. The van der Waals surface area contributed by atoms with E-state index >= 15 is 0 Å². The van der Waals surface area contributed by atoms with Gasteiger partial charge >= 0.3 is 0 Å². The third kappa shape index (κ3) is 3.68. The van der Waals surface area contributed by atoms with Crippen LogP contribution >= 0.6 is 0 Å². The van der Waals surface area contributed by atoms with Crippen LogP contribution in [0.3, 0.4) is 0 Å². The Morgan fingerprint density at radius 1 is 1.29 bits per heavy atom. The standard InChI is InChI=1S/C13H24N2O2/c1-11-12(6-5-7-14-11)17-10-13(16)15-8-3-2-4-9-15/h11-12,14H,2-10H2,1H3. The van der Waals surface area contributed by atoms with Crippen LogP contribution in [0.1, 0.15) is 39.0 Å². The number of hydrogen-bond acceptors (Lipinski definition) is 3. The first-order valence-electron chi connectivity index (χ1n) is 6.90. The van der Waals surface area contributed by atoms with Gasteiger partial charge in [0.25, 0.3) is 0 Å². The predicted molar refractivity (Wildman–Crippen MR) is 66.9 cm³/mol. The van der Waals surface area contributed by atoms with Gasteiger partial charge in [0.05, 0.1) is 6.10 Å². The lowest BCUT2D eigenvalue weighted by molar-refractivity contribution is -0.140. The summed E-state index contributed by atoms with van der Waals surface area (Å²) < 4.78 is 5.76. The largest absolute Gasteiger partial charge is 0.367 e. The molecule has 0 radical (unpaired) electrons. The maximum absolute atomic E-state index is 11.9. The van der Waals surface area contributed by atoms with Gasteiger partial charge < -0.3 is 15.0 Å². The minimum atomic E-state index is 0.169. The number of carbonyl (C=O) groups is 1. The number of piperidine rings is 2. The zero-order valence-electron chi connectivity index (χ0n) is 10.8. The van der Waals surface area contributed by atoms with E-state index in [9.17, 15) is 4.79 Å². The summed E-state index contributed by atoms with van der Waals surface area (Å²) in [5, 5.41) is 3.39. The fourth-order valence-corrected chi connectivity index (χ4v) is 2.66. The number of ether oxygens (including phenoxy) is 1. The smallest absolute Gasteiger partial charge is 0.248 e. The molecule has 17 heavy (non-hydrogen) atoms. The quantitative estimate of drug-likeness (QED) is 0.805. The minimum absolute atomic E-state index is 0.169. The van der Waals surface area contributed by atoms with Crippen LogP contribution in [0.5, 0.6) is 0 Å². The van der Waals surface area contributed by atoms with Gasteiger partial charge in [-0.2, -0.15) is 0 Å². The molecule has 2 heterocycles. The molecule has 0 aromatic heterocycles. The Bertz CT molecular complexity index is 252. The molecule has 98 valence electrons. The van der Waals surface area contributed by atoms with E-state index in [1.54, 1.807) is 0 Å². The van der Waals surface area contributed by atoms with Crippen molar-refractivity contribution in [2.24, 2.45) is 0 Å². The normalized spacial score (nSPS) is 30.3. The third-order valence-electron chi connectivity index (χ3n) is 3.82. The Labute approximate surface area is 104 Å². The molecule has 2 saturated heterocycles. The molecular formula is C13H24N2O2. The Kier molecular flexibility index (Phi) is 4.80. The number of amides is 1. The summed E-state index contributed by atoms with van der Waals surface area (Å²) in [4.78, 5) is 13.9. The Hall–Kier alpha value is -0.610. The molecule has 0 spiro atoms. The Balaban J connectivity index is 1.71. The van der Waals surface area contributed by atoms with Crippen LogP contribution in [0.25, 0.3) is 0 Å². The second kappa shape index (κ2) is 6.36. The molecule has 2 aliphatic rings. The molecule has 4 nitrogen and oxygen atoms in total. The SMILES string of the molecule is CC1NCCCC1OCC(=O)N1CCCCC1. The van der Waals surface area contributed by atoms with E-state index in [4.69, 9.17) is 4.74 Å². The molecule has 4 heteroatoms. The number of likely N-dealkylation sites (tertiary alicyclic amines) is 1. The highest BCUT2D eigenvalue weighted by Gasteiger charge is 2.23. The monoisotopic (exact) mass is 240 g/mol. The third-order valence-corrected chi connectivity index (χ3v) is 3.82. The summed E-state index contributed by atoms with van der Waals surface area (Å²) in [6.45, 7) is 5.30. The van der Waals surface area contributed by atoms with Crippen LogP contribution in [0, 0.1) is 0 Å². The Morgan fingerprint density at radius 3 is 2.76 bits per heavy atom. The van der Waals surface area contributed by atoms with Crippen LogP contribution in [0.15, 0.2) is 0 Å². The summed E-state index contributed by atoms with van der Waals surface area (Å²) >= 11 is 0. The molecule has 2 rings (SSSR count). The topological polar surface area (TPSA) is 41.6 Å². The number of nitrogens with zero attached hydrogens (tertiary/aromatic N) is 1. The van der Waals surface area contributed by atoms with Crippen molar-refractivity contribution in [2.45, 2.75) is 51.2 Å². The maximum atomic E-state index is 11.9. The molecule has 1 amide bonds. The van der Waals surface area contributed by atoms with Crippen LogP contribution in [-0.4, -0.2) is 49.2 Å². The first kappa shape index (κ1) is 12.8. The van der Waals surface area contributed by atoms with Crippen molar-refractivity contribution in [2.75, 3.05) is 26.2 Å². The number of nitrogens with one attached hydrogen (secondary N) is 1. The summed E-state index contributed by atoms with van der Waals surface area (Å²) in [5.41, 5.74) is 0. The van der Waals surface area contributed by atoms with Gasteiger partial charge in [0.1, 0.15) is 6.61 Å². The number of hydrogen-bond donors (Lipinski definition) is 1. The minimum Gasteiger partial charge on any atom is -0.367 e. The fourth-order valence-electron chi connectivity index (χ4n) is 2.66. The molecule has 2 fully saturated rings. The average molecular weight is 240 g/mol. The van der Waals surface area contributed by atoms with E-state index < -0.39 is 0 Å². The van der Waals surface area contributed by atoms with Gasteiger partial charge in [-0.25, -0.2) is 0 Å². The molecule has 1 N–H and O–H groups in total. The van der Waals surface area contributed by atoms with E-state index in [0.29, 0.717) is 6.04 Å². The van der Waals surface area contributed by atoms with Crippen molar-refractivity contribution in [3.63, 3.8) is 0 Å². The van der Waals surface area contributed by atoms with Crippen molar-refractivity contribution >= 4 is 5.91 Å².